The Morgan fingerprint density at radius 2 is 1.81 bits per heavy atom. The zero-order valence-electron chi connectivity index (χ0n) is 12.0. The lowest BCUT2D eigenvalue weighted by Crippen LogP contribution is -2.25. The third kappa shape index (κ3) is 2.67. The third-order valence-corrected chi connectivity index (χ3v) is 3.46. The van der Waals surface area contributed by atoms with Crippen molar-refractivity contribution in [1.29, 1.82) is 0 Å². The first-order valence-electron chi connectivity index (χ1n) is 6.46. The molecule has 21 heavy (non-hydrogen) atoms. The van der Waals surface area contributed by atoms with Crippen molar-refractivity contribution in [2.45, 2.75) is 12.5 Å². The number of carbonyl (C=O) groups excluding carboxylic acids is 1. The second kappa shape index (κ2) is 5.82. The Hall–Kier alpha value is -2.57. The highest BCUT2D eigenvalue weighted by molar-refractivity contribution is 5.79. The summed E-state index contributed by atoms with van der Waals surface area (Å²) in [7, 11) is 1.47. The van der Waals surface area contributed by atoms with Crippen LogP contribution >= 0.6 is 0 Å². The van der Waals surface area contributed by atoms with E-state index in [9.17, 15) is 9.90 Å². The van der Waals surface area contributed by atoms with Gasteiger partial charge in [0.05, 0.1) is 12.7 Å². The summed E-state index contributed by atoms with van der Waals surface area (Å²) in [5, 5.41) is 10.9. The maximum absolute atomic E-state index is 10.9. The van der Waals surface area contributed by atoms with Gasteiger partial charge < -0.3 is 9.84 Å². The van der Waals surface area contributed by atoms with Gasteiger partial charge in [-0.25, -0.2) is 0 Å². The molecule has 0 aliphatic rings. The van der Waals surface area contributed by atoms with Crippen LogP contribution in [0.1, 0.15) is 27.0 Å². The molecule has 1 atom stereocenters. The van der Waals surface area contributed by atoms with Gasteiger partial charge >= 0.3 is 0 Å². The van der Waals surface area contributed by atoms with Gasteiger partial charge in [-0.2, -0.15) is 0 Å². The Morgan fingerprint density at radius 1 is 1.19 bits per heavy atom. The molecule has 0 aliphatic carbocycles. The molecule has 0 aromatic heterocycles. The normalized spacial score (nSPS) is 13.0. The van der Waals surface area contributed by atoms with Crippen molar-refractivity contribution >= 4 is 6.29 Å². The van der Waals surface area contributed by atoms with Gasteiger partial charge in [0.15, 0.2) is 11.9 Å². The summed E-state index contributed by atoms with van der Waals surface area (Å²) in [5.41, 5.74) is 0.993. The van der Waals surface area contributed by atoms with Gasteiger partial charge in [0.1, 0.15) is 5.75 Å². The van der Waals surface area contributed by atoms with Crippen LogP contribution < -0.4 is 4.74 Å². The molecule has 0 bridgehead atoms. The van der Waals surface area contributed by atoms with E-state index >= 15 is 0 Å². The Balaban J connectivity index is 2.57. The van der Waals surface area contributed by atoms with E-state index in [2.05, 4.69) is 5.92 Å². The number of aliphatic hydroxyl groups is 1. The van der Waals surface area contributed by atoms with E-state index < -0.39 is 5.60 Å². The molecule has 0 radical (unpaired) electrons. The fraction of sp³-hybridized carbons (Fsp3) is 0.167. The average molecular weight is 280 g/mol. The fourth-order valence-electron chi connectivity index (χ4n) is 2.16. The molecule has 0 aliphatic heterocycles. The number of hydrogen-bond acceptors (Lipinski definition) is 3. The molecule has 0 saturated carbocycles. The third-order valence-electron chi connectivity index (χ3n) is 3.46. The molecule has 2 rings (SSSR count). The van der Waals surface area contributed by atoms with Gasteiger partial charge in [-0.15, -0.1) is 6.42 Å². The second-order valence-corrected chi connectivity index (χ2v) is 4.80. The van der Waals surface area contributed by atoms with Gasteiger partial charge in [0, 0.05) is 11.1 Å². The monoisotopic (exact) mass is 280 g/mol. The highest BCUT2D eigenvalue weighted by atomic mass is 16.5. The second-order valence-electron chi connectivity index (χ2n) is 4.80. The lowest BCUT2D eigenvalue weighted by Gasteiger charge is -2.24. The first kappa shape index (κ1) is 14.8. The van der Waals surface area contributed by atoms with Crippen LogP contribution in [0, 0.1) is 19.3 Å². The number of aryl methyl sites for hydroxylation is 1. The maximum atomic E-state index is 10.9. The summed E-state index contributed by atoms with van der Waals surface area (Å²) in [6.45, 7) is 1.96. The molecule has 0 spiro atoms. The Bertz CT molecular complexity index is 695. The van der Waals surface area contributed by atoms with Gasteiger partial charge in [-0.3, -0.25) is 4.79 Å². The highest BCUT2D eigenvalue weighted by Gasteiger charge is 2.30. The first-order chi connectivity index (χ1) is 10.0. The van der Waals surface area contributed by atoms with Crippen LogP contribution in [-0.4, -0.2) is 18.5 Å². The summed E-state index contributed by atoms with van der Waals surface area (Å²) in [6, 6.07) is 12.1. The molecule has 2 aromatic rings. The first-order valence-corrected chi connectivity index (χ1v) is 6.46. The molecular weight excluding hydrogens is 264 g/mol. The number of terminal acetylenes is 1. The van der Waals surface area contributed by atoms with Gasteiger partial charge in [0.2, 0.25) is 0 Å². The number of ether oxygens (including phenoxy) is 1. The number of aldehydes is 1. The summed E-state index contributed by atoms with van der Waals surface area (Å²) in [5.74, 6) is 2.81. The van der Waals surface area contributed by atoms with Crippen LogP contribution in [-0.2, 0) is 5.60 Å². The van der Waals surface area contributed by atoms with Crippen LogP contribution in [0.25, 0.3) is 0 Å². The molecule has 0 amide bonds. The van der Waals surface area contributed by atoms with E-state index in [1.807, 2.05) is 19.1 Å². The van der Waals surface area contributed by atoms with Crippen molar-refractivity contribution in [3.63, 3.8) is 0 Å². The standard InChI is InChI=1S/C18H16O3/c1-4-18(20,15-8-5-13(2)6-9-15)16-10-7-14(12-19)17(11-16)21-3/h1,5-12,20H,2-3H3. The molecule has 0 heterocycles. The van der Waals surface area contributed by atoms with Crippen molar-refractivity contribution in [2.75, 3.05) is 7.11 Å². The van der Waals surface area contributed by atoms with E-state index in [0.717, 1.165) is 5.56 Å². The zero-order valence-corrected chi connectivity index (χ0v) is 12.0. The van der Waals surface area contributed by atoms with Crippen LogP contribution in [0.5, 0.6) is 5.75 Å². The zero-order chi connectivity index (χ0) is 15.5. The molecule has 0 saturated heterocycles. The van der Waals surface area contributed by atoms with E-state index in [0.29, 0.717) is 28.7 Å². The summed E-state index contributed by atoms with van der Waals surface area (Å²) in [4.78, 5) is 10.9. The Kier molecular flexibility index (Phi) is 4.11. The molecule has 1 N–H and O–H groups in total. The van der Waals surface area contributed by atoms with E-state index in [1.165, 1.54) is 7.11 Å². The van der Waals surface area contributed by atoms with Crippen LogP contribution in [0.3, 0.4) is 0 Å². The van der Waals surface area contributed by atoms with Crippen LogP contribution in [0.2, 0.25) is 0 Å². The van der Waals surface area contributed by atoms with E-state index in [-0.39, 0.29) is 0 Å². The predicted molar refractivity (Wildman–Crippen MR) is 81.4 cm³/mol. The number of hydrogen-bond donors (Lipinski definition) is 1. The van der Waals surface area contributed by atoms with Crippen molar-refractivity contribution in [3.05, 3.63) is 64.7 Å². The number of methoxy groups -OCH3 is 1. The molecule has 3 heteroatoms. The minimum Gasteiger partial charge on any atom is -0.496 e. The van der Waals surface area contributed by atoms with E-state index in [4.69, 9.17) is 11.2 Å². The average Bonchev–Trinajstić information content (AvgIpc) is 2.54. The summed E-state index contributed by atoms with van der Waals surface area (Å²) >= 11 is 0. The molecule has 106 valence electrons. The number of rotatable bonds is 4. The topological polar surface area (TPSA) is 46.5 Å². The minimum atomic E-state index is -1.57. The summed E-state index contributed by atoms with van der Waals surface area (Å²) < 4.78 is 5.16. The Morgan fingerprint density at radius 3 is 2.33 bits per heavy atom. The maximum Gasteiger partial charge on any atom is 0.176 e. The van der Waals surface area contributed by atoms with Gasteiger partial charge in [-0.05, 0) is 19.1 Å². The molecule has 0 fully saturated rings. The van der Waals surface area contributed by atoms with Crippen molar-refractivity contribution in [2.24, 2.45) is 0 Å². The van der Waals surface area contributed by atoms with Crippen molar-refractivity contribution < 1.29 is 14.6 Å². The largest absolute Gasteiger partial charge is 0.496 e. The molecule has 3 nitrogen and oxygen atoms in total. The van der Waals surface area contributed by atoms with Crippen molar-refractivity contribution in [1.82, 2.24) is 0 Å². The highest BCUT2D eigenvalue weighted by Crippen LogP contribution is 2.32. The molecule has 2 aromatic carbocycles. The van der Waals surface area contributed by atoms with Crippen LogP contribution in [0.15, 0.2) is 42.5 Å². The quantitative estimate of drug-likeness (QED) is 0.692. The van der Waals surface area contributed by atoms with Crippen molar-refractivity contribution in [3.8, 4) is 18.1 Å². The lowest BCUT2D eigenvalue weighted by atomic mass is 9.86. The van der Waals surface area contributed by atoms with Gasteiger partial charge in [0.25, 0.3) is 0 Å². The van der Waals surface area contributed by atoms with Crippen LogP contribution in [0.4, 0.5) is 0 Å². The SMILES string of the molecule is C#CC(O)(c1ccc(C)cc1)c1ccc(C=O)c(OC)c1. The minimum absolute atomic E-state index is 0.378. The molecular formula is C18H16O3. The smallest absolute Gasteiger partial charge is 0.176 e. The van der Waals surface area contributed by atoms with Gasteiger partial charge in [-0.1, -0.05) is 41.8 Å². The summed E-state index contributed by atoms with van der Waals surface area (Å²) in [6.07, 6.45) is 6.26. The number of benzene rings is 2. The number of carbonyl (C=O) groups is 1. The Labute approximate surface area is 124 Å². The lowest BCUT2D eigenvalue weighted by molar-refractivity contribution is 0.111. The fourth-order valence-corrected chi connectivity index (χ4v) is 2.16. The molecule has 1 unspecified atom stereocenters. The predicted octanol–water partition coefficient (Wildman–Crippen LogP) is 2.69. The van der Waals surface area contributed by atoms with E-state index in [1.54, 1.807) is 30.3 Å².